The molecule has 196 valence electrons. The van der Waals surface area contributed by atoms with Gasteiger partial charge in [-0.3, -0.25) is 14.5 Å². The highest BCUT2D eigenvalue weighted by Crippen LogP contribution is 2.18. The molecule has 1 aliphatic heterocycles. The van der Waals surface area contributed by atoms with Gasteiger partial charge in [0.2, 0.25) is 11.8 Å². The van der Waals surface area contributed by atoms with Gasteiger partial charge in [-0.15, -0.1) is 0 Å². The average molecular weight is 503 g/mol. The van der Waals surface area contributed by atoms with Crippen molar-refractivity contribution in [3.8, 4) is 0 Å². The lowest BCUT2D eigenvalue weighted by Crippen LogP contribution is -2.46. The first-order chi connectivity index (χ1) is 17.3. The molecule has 0 saturated carbocycles. The number of benzene rings is 2. The summed E-state index contributed by atoms with van der Waals surface area (Å²) in [5.74, 6) is -0.746. The van der Waals surface area contributed by atoms with Crippen LogP contribution in [0.4, 0.5) is 8.78 Å². The topological polar surface area (TPSA) is 84.9 Å². The fraction of sp³-hybridized carbons (Fsp3) is 0.481. The number of β-amino-alcohol motifs (C(OH)–C–C–N with tert-alkyl or cyclic N) is 1. The maximum Gasteiger partial charge on any atom is 0.234 e. The van der Waals surface area contributed by atoms with Crippen LogP contribution in [0.25, 0.3) is 0 Å². The summed E-state index contributed by atoms with van der Waals surface area (Å²) in [4.78, 5) is 29.4. The Kier molecular flexibility index (Phi) is 10.8. The fourth-order valence-corrected chi connectivity index (χ4v) is 4.40. The number of amides is 2. The molecular weight excluding hydrogens is 466 g/mol. The van der Waals surface area contributed by atoms with E-state index in [1.165, 1.54) is 24.3 Å². The van der Waals surface area contributed by atoms with Gasteiger partial charge in [0.05, 0.1) is 19.2 Å². The number of piperidine rings is 1. The second-order valence-corrected chi connectivity index (χ2v) is 9.57. The third-order valence-corrected chi connectivity index (χ3v) is 6.29. The van der Waals surface area contributed by atoms with Gasteiger partial charge in [-0.25, -0.2) is 8.78 Å². The number of carbonyl (C=O) groups is 2. The summed E-state index contributed by atoms with van der Waals surface area (Å²) < 4.78 is 26.2. The first-order valence-electron chi connectivity index (χ1n) is 12.4. The summed E-state index contributed by atoms with van der Waals surface area (Å²) in [5.41, 5.74) is 1.58. The minimum Gasteiger partial charge on any atom is -0.392 e. The number of nitrogens with one attached hydrogen (secondary N) is 2. The standard InChI is InChI=1S/C27H36F2N4O3/c1-20(34)16-32-12-10-23(11-13-32)17-33(18-26(35)30-14-21-2-6-24(28)7-3-21)19-27(36)31-15-22-4-8-25(29)9-5-22/h2-9,20,23,34H,10-19H2,1H3,(H,30,35)(H,31,36)/t20-/m0/s1. The van der Waals surface area contributed by atoms with E-state index in [4.69, 9.17) is 0 Å². The van der Waals surface area contributed by atoms with Gasteiger partial charge in [0, 0.05) is 26.2 Å². The number of aliphatic hydroxyl groups is 1. The summed E-state index contributed by atoms with van der Waals surface area (Å²) in [6, 6.07) is 11.9. The molecule has 1 fully saturated rings. The van der Waals surface area contributed by atoms with Gasteiger partial charge in [0.1, 0.15) is 11.6 Å². The zero-order valence-electron chi connectivity index (χ0n) is 20.8. The zero-order chi connectivity index (χ0) is 25.9. The second kappa shape index (κ2) is 14.0. The predicted octanol–water partition coefficient (Wildman–Crippen LogP) is 2.29. The molecule has 2 amide bonds. The normalized spacial score (nSPS) is 15.6. The van der Waals surface area contributed by atoms with Crippen molar-refractivity contribution >= 4 is 11.8 Å². The van der Waals surface area contributed by atoms with E-state index in [0.717, 1.165) is 37.1 Å². The minimum atomic E-state index is -0.368. The maximum absolute atomic E-state index is 13.1. The molecule has 0 bridgehead atoms. The van der Waals surface area contributed by atoms with Crippen molar-refractivity contribution in [1.29, 1.82) is 0 Å². The van der Waals surface area contributed by atoms with Crippen LogP contribution in [0.2, 0.25) is 0 Å². The van der Waals surface area contributed by atoms with E-state index in [9.17, 15) is 23.5 Å². The Labute approximate surface area is 211 Å². The lowest BCUT2D eigenvalue weighted by Gasteiger charge is -2.35. The van der Waals surface area contributed by atoms with Gasteiger partial charge in [0.15, 0.2) is 0 Å². The summed E-state index contributed by atoms with van der Waals surface area (Å²) in [6.07, 6.45) is 1.49. The Morgan fingerprint density at radius 2 is 1.36 bits per heavy atom. The number of halogens is 2. The van der Waals surface area contributed by atoms with Gasteiger partial charge < -0.3 is 20.6 Å². The highest BCUT2D eigenvalue weighted by Gasteiger charge is 2.24. The Morgan fingerprint density at radius 1 is 0.917 bits per heavy atom. The van der Waals surface area contributed by atoms with E-state index in [1.807, 2.05) is 4.90 Å². The molecule has 36 heavy (non-hydrogen) atoms. The van der Waals surface area contributed by atoms with Crippen LogP contribution in [0.15, 0.2) is 48.5 Å². The molecular formula is C27H36F2N4O3. The average Bonchev–Trinajstić information content (AvgIpc) is 2.84. The first kappa shape index (κ1) is 27.7. The molecule has 0 unspecified atom stereocenters. The first-order valence-corrected chi connectivity index (χ1v) is 12.4. The minimum absolute atomic E-state index is 0.0685. The van der Waals surface area contributed by atoms with Crippen LogP contribution in [0.5, 0.6) is 0 Å². The molecule has 1 atom stereocenters. The highest BCUT2D eigenvalue weighted by molar-refractivity contribution is 5.81. The number of nitrogens with zero attached hydrogens (tertiary/aromatic N) is 2. The number of likely N-dealkylation sites (tertiary alicyclic amines) is 1. The zero-order valence-corrected chi connectivity index (χ0v) is 20.8. The number of aliphatic hydroxyl groups excluding tert-OH is 1. The van der Waals surface area contributed by atoms with Gasteiger partial charge in [0.25, 0.3) is 0 Å². The summed E-state index contributed by atoms with van der Waals surface area (Å²) in [7, 11) is 0. The molecule has 2 aromatic rings. The van der Waals surface area contributed by atoms with Crippen LogP contribution in [-0.2, 0) is 22.7 Å². The van der Waals surface area contributed by atoms with Crippen LogP contribution in [0.1, 0.15) is 30.9 Å². The lowest BCUT2D eigenvalue weighted by molar-refractivity contribution is -0.125. The molecule has 3 rings (SSSR count). The molecule has 1 heterocycles. The van der Waals surface area contributed by atoms with E-state index in [2.05, 4.69) is 15.5 Å². The smallest absolute Gasteiger partial charge is 0.234 e. The summed E-state index contributed by atoms with van der Waals surface area (Å²) in [5, 5.41) is 15.3. The molecule has 0 spiro atoms. The van der Waals surface area contributed by atoms with Crippen LogP contribution < -0.4 is 10.6 Å². The van der Waals surface area contributed by atoms with Crippen molar-refractivity contribution in [2.45, 2.75) is 39.0 Å². The van der Waals surface area contributed by atoms with E-state index < -0.39 is 0 Å². The van der Waals surface area contributed by atoms with Crippen molar-refractivity contribution in [1.82, 2.24) is 20.4 Å². The largest absolute Gasteiger partial charge is 0.392 e. The molecule has 2 aromatic carbocycles. The molecule has 1 aliphatic rings. The van der Waals surface area contributed by atoms with Gasteiger partial charge in [-0.1, -0.05) is 24.3 Å². The molecule has 0 aliphatic carbocycles. The Morgan fingerprint density at radius 3 is 1.78 bits per heavy atom. The third-order valence-electron chi connectivity index (χ3n) is 6.29. The second-order valence-electron chi connectivity index (χ2n) is 9.57. The van der Waals surface area contributed by atoms with Crippen LogP contribution in [0.3, 0.4) is 0 Å². The number of hydrogen-bond donors (Lipinski definition) is 3. The Bertz CT molecular complexity index is 898. The number of hydrogen-bond acceptors (Lipinski definition) is 5. The monoisotopic (exact) mass is 502 g/mol. The SMILES string of the molecule is C[C@H](O)CN1CCC(CN(CC(=O)NCc2ccc(F)cc2)CC(=O)NCc2ccc(F)cc2)CC1. The molecule has 1 saturated heterocycles. The summed E-state index contributed by atoms with van der Waals surface area (Å²) >= 11 is 0. The van der Waals surface area contributed by atoms with E-state index in [0.29, 0.717) is 19.0 Å². The predicted molar refractivity (Wildman–Crippen MR) is 134 cm³/mol. The fourth-order valence-electron chi connectivity index (χ4n) is 4.40. The van der Waals surface area contributed by atoms with Crippen molar-refractivity contribution < 1.29 is 23.5 Å². The highest BCUT2D eigenvalue weighted by atomic mass is 19.1. The van der Waals surface area contributed by atoms with Crippen LogP contribution in [-0.4, -0.2) is 72.1 Å². The van der Waals surface area contributed by atoms with E-state index >= 15 is 0 Å². The lowest BCUT2D eigenvalue weighted by atomic mass is 9.96. The molecule has 0 radical (unpaired) electrons. The van der Waals surface area contributed by atoms with Crippen molar-refractivity contribution in [2.75, 3.05) is 39.3 Å². The van der Waals surface area contributed by atoms with Crippen molar-refractivity contribution in [2.24, 2.45) is 5.92 Å². The molecule has 9 heteroatoms. The third kappa shape index (κ3) is 10.0. The van der Waals surface area contributed by atoms with Crippen molar-refractivity contribution in [3.05, 3.63) is 71.3 Å². The van der Waals surface area contributed by atoms with E-state index in [-0.39, 0.29) is 55.7 Å². The summed E-state index contributed by atoms with van der Waals surface area (Å²) in [6.45, 7) is 5.47. The Balaban J connectivity index is 1.53. The van der Waals surface area contributed by atoms with Crippen LogP contribution in [0, 0.1) is 17.6 Å². The van der Waals surface area contributed by atoms with E-state index in [1.54, 1.807) is 31.2 Å². The van der Waals surface area contributed by atoms with Crippen molar-refractivity contribution in [3.63, 3.8) is 0 Å². The number of rotatable bonds is 12. The Hall–Kier alpha value is -2.88. The van der Waals surface area contributed by atoms with Gasteiger partial charge in [-0.05, 0) is 74.2 Å². The maximum atomic E-state index is 13.1. The molecule has 3 N–H and O–H groups in total. The van der Waals surface area contributed by atoms with Crippen LogP contribution >= 0.6 is 0 Å². The quantitative estimate of drug-likeness (QED) is 0.415. The van der Waals surface area contributed by atoms with Gasteiger partial charge in [-0.2, -0.15) is 0 Å². The molecule has 7 nitrogen and oxygen atoms in total. The van der Waals surface area contributed by atoms with Gasteiger partial charge >= 0.3 is 0 Å². The number of carbonyl (C=O) groups excluding carboxylic acids is 2. The molecule has 0 aromatic heterocycles.